The van der Waals surface area contributed by atoms with Crippen molar-refractivity contribution in [3.63, 3.8) is 0 Å². The standard InChI is InChI=1S/C19H17ClN4O/c1-11(13-7-16-15(22-10-13)5-6-21-16)23-19(25)18-8-12-3-4-14(20)9-17(12)24(18)2/h3-11,21H,1-2H3,(H,23,25)/t11-/m1/s1. The van der Waals surface area contributed by atoms with Crippen LogP contribution in [-0.4, -0.2) is 20.4 Å². The predicted molar refractivity (Wildman–Crippen MR) is 99.9 cm³/mol. The number of nitrogens with one attached hydrogen (secondary N) is 2. The zero-order valence-electron chi connectivity index (χ0n) is 13.9. The molecule has 0 saturated carbocycles. The summed E-state index contributed by atoms with van der Waals surface area (Å²) in [5.41, 5.74) is 4.34. The fraction of sp³-hybridized carbons (Fsp3) is 0.158. The molecule has 6 heteroatoms. The van der Waals surface area contributed by atoms with Crippen LogP contribution in [0.1, 0.15) is 29.0 Å². The number of hydrogen-bond donors (Lipinski definition) is 2. The van der Waals surface area contributed by atoms with Crippen molar-refractivity contribution < 1.29 is 4.79 Å². The van der Waals surface area contributed by atoms with Gasteiger partial charge in [0.1, 0.15) is 5.69 Å². The predicted octanol–water partition coefficient (Wildman–Crippen LogP) is 4.20. The Bertz CT molecular complexity index is 1100. The fourth-order valence-corrected chi connectivity index (χ4v) is 3.23. The number of H-pyrrole nitrogens is 1. The van der Waals surface area contributed by atoms with E-state index in [1.54, 1.807) is 6.20 Å². The summed E-state index contributed by atoms with van der Waals surface area (Å²) in [4.78, 5) is 20.3. The van der Waals surface area contributed by atoms with Gasteiger partial charge in [0, 0.05) is 35.4 Å². The first-order valence-electron chi connectivity index (χ1n) is 8.02. The molecule has 0 saturated heterocycles. The molecule has 0 aliphatic heterocycles. The molecule has 0 aliphatic carbocycles. The molecule has 0 aliphatic rings. The Hall–Kier alpha value is -2.79. The first-order chi connectivity index (χ1) is 12.0. The summed E-state index contributed by atoms with van der Waals surface area (Å²) in [6.45, 7) is 1.95. The Morgan fingerprint density at radius 1 is 1.28 bits per heavy atom. The maximum Gasteiger partial charge on any atom is 0.268 e. The lowest BCUT2D eigenvalue weighted by Gasteiger charge is -2.14. The number of aryl methyl sites for hydroxylation is 1. The third kappa shape index (κ3) is 2.76. The average Bonchev–Trinajstić information content (AvgIpc) is 3.19. The SMILES string of the molecule is C[C@@H](NC(=O)c1cc2ccc(Cl)cc2n1C)c1cnc2cc[nH]c2c1. The molecule has 2 N–H and O–H groups in total. The van der Waals surface area contributed by atoms with E-state index >= 15 is 0 Å². The first kappa shape index (κ1) is 15.7. The Kier molecular flexibility index (Phi) is 3.73. The third-order valence-corrected chi connectivity index (χ3v) is 4.74. The number of aromatic nitrogens is 3. The van der Waals surface area contributed by atoms with Gasteiger partial charge in [0.2, 0.25) is 0 Å². The van der Waals surface area contributed by atoms with E-state index in [4.69, 9.17) is 11.6 Å². The highest BCUT2D eigenvalue weighted by atomic mass is 35.5. The molecule has 0 radical (unpaired) electrons. The second-order valence-electron chi connectivity index (χ2n) is 6.17. The number of benzene rings is 1. The molecule has 0 unspecified atom stereocenters. The van der Waals surface area contributed by atoms with Crippen molar-refractivity contribution in [2.24, 2.45) is 7.05 Å². The van der Waals surface area contributed by atoms with Gasteiger partial charge < -0.3 is 14.9 Å². The van der Waals surface area contributed by atoms with E-state index in [0.29, 0.717) is 10.7 Å². The zero-order chi connectivity index (χ0) is 17.6. The van der Waals surface area contributed by atoms with E-state index in [2.05, 4.69) is 15.3 Å². The minimum atomic E-state index is -0.158. The van der Waals surface area contributed by atoms with Crippen LogP contribution in [0.3, 0.4) is 0 Å². The summed E-state index contributed by atoms with van der Waals surface area (Å²) in [6.07, 6.45) is 3.65. The van der Waals surface area contributed by atoms with Gasteiger partial charge in [-0.1, -0.05) is 17.7 Å². The van der Waals surface area contributed by atoms with Crippen LogP contribution in [0, 0.1) is 0 Å². The minimum Gasteiger partial charge on any atom is -0.360 e. The van der Waals surface area contributed by atoms with E-state index in [-0.39, 0.29) is 11.9 Å². The van der Waals surface area contributed by atoms with E-state index in [1.807, 2.05) is 61.1 Å². The van der Waals surface area contributed by atoms with Gasteiger partial charge in [0.15, 0.2) is 0 Å². The summed E-state index contributed by atoms with van der Waals surface area (Å²) in [5, 5.41) is 4.68. The molecule has 25 heavy (non-hydrogen) atoms. The molecule has 4 aromatic rings. The largest absolute Gasteiger partial charge is 0.360 e. The van der Waals surface area contributed by atoms with E-state index < -0.39 is 0 Å². The number of carbonyl (C=O) groups is 1. The maximum atomic E-state index is 12.7. The third-order valence-electron chi connectivity index (χ3n) is 4.51. The normalized spacial score (nSPS) is 12.6. The monoisotopic (exact) mass is 352 g/mol. The van der Waals surface area contributed by atoms with Crippen molar-refractivity contribution in [3.8, 4) is 0 Å². The molecule has 1 atom stereocenters. The molecule has 4 rings (SSSR count). The Morgan fingerprint density at radius 2 is 2.12 bits per heavy atom. The molecule has 3 heterocycles. The van der Waals surface area contributed by atoms with Crippen LogP contribution >= 0.6 is 11.6 Å². The van der Waals surface area contributed by atoms with Crippen molar-refractivity contribution in [2.45, 2.75) is 13.0 Å². The topological polar surface area (TPSA) is 62.7 Å². The van der Waals surface area contributed by atoms with Gasteiger partial charge >= 0.3 is 0 Å². The number of amides is 1. The van der Waals surface area contributed by atoms with Crippen molar-refractivity contribution in [1.29, 1.82) is 0 Å². The lowest BCUT2D eigenvalue weighted by Crippen LogP contribution is -2.28. The quantitative estimate of drug-likeness (QED) is 0.580. The molecule has 5 nitrogen and oxygen atoms in total. The van der Waals surface area contributed by atoms with E-state index in [0.717, 1.165) is 27.5 Å². The molecule has 0 bridgehead atoms. The number of nitrogens with zero attached hydrogens (tertiary/aromatic N) is 2. The molecule has 0 fully saturated rings. The highest BCUT2D eigenvalue weighted by Gasteiger charge is 2.17. The minimum absolute atomic E-state index is 0.131. The number of hydrogen-bond acceptors (Lipinski definition) is 2. The number of pyridine rings is 1. The van der Waals surface area contributed by atoms with Crippen molar-refractivity contribution in [3.05, 3.63) is 65.1 Å². The highest BCUT2D eigenvalue weighted by molar-refractivity contribution is 6.31. The smallest absolute Gasteiger partial charge is 0.268 e. The van der Waals surface area contributed by atoms with Crippen LogP contribution in [0.15, 0.2) is 48.8 Å². The van der Waals surface area contributed by atoms with Crippen molar-refractivity contribution in [2.75, 3.05) is 0 Å². The molecule has 1 amide bonds. The second kappa shape index (κ2) is 5.93. The molecule has 1 aromatic carbocycles. The van der Waals surface area contributed by atoms with Gasteiger partial charge in [-0.15, -0.1) is 0 Å². The van der Waals surface area contributed by atoms with Gasteiger partial charge in [0.05, 0.1) is 17.1 Å². The van der Waals surface area contributed by atoms with Crippen molar-refractivity contribution in [1.82, 2.24) is 19.9 Å². The Morgan fingerprint density at radius 3 is 2.96 bits per heavy atom. The zero-order valence-corrected chi connectivity index (χ0v) is 14.6. The average molecular weight is 353 g/mol. The summed E-state index contributed by atoms with van der Waals surface area (Å²) in [5.74, 6) is -0.131. The molecule has 0 spiro atoms. The molecular weight excluding hydrogens is 336 g/mol. The Balaban J connectivity index is 1.61. The summed E-state index contributed by atoms with van der Waals surface area (Å²) < 4.78 is 1.86. The van der Waals surface area contributed by atoms with Gasteiger partial charge in [-0.2, -0.15) is 0 Å². The number of fused-ring (bicyclic) bond motifs is 2. The molecule has 126 valence electrons. The van der Waals surface area contributed by atoms with Crippen LogP contribution in [0.25, 0.3) is 21.9 Å². The fourth-order valence-electron chi connectivity index (χ4n) is 3.06. The van der Waals surface area contributed by atoms with Gasteiger partial charge in [-0.05, 0) is 42.8 Å². The van der Waals surface area contributed by atoms with Crippen LogP contribution in [0.4, 0.5) is 0 Å². The first-order valence-corrected chi connectivity index (χ1v) is 8.39. The summed E-state index contributed by atoms with van der Waals surface area (Å²) in [6, 6.07) is 11.2. The van der Waals surface area contributed by atoms with Crippen molar-refractivity contribution >= 4 is 39.4 Å². The van der Waals surface area contributed by atoms with Gasteiger partial charge in [0.25, 0.3) is 5.91 Å². The van der Waals surface area contributed by atoms with E-state index in [9.17, 15) is 4.79 Å². The number of carbonyl (C=O) groups excluding carboxylic acids is 1. The highest BCUT2D eigenvalue weighted by Crippen LogP contribution is 2.23. The molecule has 3 aromatic heterocycles. The number of rotatable bonds is 3. The lowest BCUT2D eigenvalue weighted by molar-refractivity contribution is 0.0932. The summed E-state index contributed by atoms with van der Waals surface area (Å²) in [7, 11) is 1.87. The van der Waals surface area contributed by atoms with Crippen LogP contribution in [0.5, 0.6) is 0 Å². The Labute approximate surface area is 149 Å². The lowest BCUT2D eigenvalue weighted by atomic mass is 10.1. The van der Waals surface area contributed by atoms with Gasteiger partial charge in [-0.3, -0.25) is 9.78 Å². The second-order valence-corrected chi connectivity index (χ2v) is 6.60. The van der Waals surface area contributed by atoms with Gasteiger partial charge in [-0.25, -0.2) is 0 Å². The summed E-state index contributed by atoms with van der Waals surface area (Å²) >= 11 is 6.06. The van der Waals surface area contributed by atoms with Crippen LogP contribution in [0.2, 0.25) is 5.02 Å². The molecular formula is C19H17ClN4O. The van der Waals surface area contributed by atoms with Crippen LogP contribution in [-0.2, 0) is 7.05 Å². The number of aromatic amines is 1. The van der Waals surface area contributed by atoms with E-state index in [1.165, 1.54) is 0 Å². The number of halogens is 1. The van der Waals surface area contributed by atoms with Crippen LogP contribution < -0.4 is 5.32 Å². The maximum absolute atomic E-state index is 12.7.